The average Bonchev–Trinajstić information content (AvgIpc) is 2.63. The Balaban J connectivity index is 1.65. The minimum atomic E-state index is -0.516. The molecule has 6 heteroatoms. The molecule has 0 unspecified atom stereocenters. The van der Waals surface area contributed by atoms with Gasteiger partial charge in [-0.25, -0.2) is 0 Å². The molecule has 0 aromatic heterocycles. The van der Waals surface area contributed by atoms with E-state index < -0.39 is 6.04 Å². The molecule has 0 radical (unpaired) electrons. The lowest BCUT2D eigenvalue weighted by Crippen LogP contribution is -2.58. The van der Waals surface area contributed by atoms with Crippen LogP contribution in [0, 0.1) is 0 Å². The summed E-state index contributed by atoms with van der Waals surface area (Å²) in [5.74, 6) is 0.236. The van der Waals surface area contributed by atoms with Crippen molar-refractivity contribution in [2.75, 3.05) is 19.7 Å². The molecule has 1 heterocycles. The number of hydrogen-bond donors (Lipinski definition) is 1. The molecule has 0 bridgehead atoms. The summed E-state index contributed by atoms with van der Waals surface area (Å²) in [6.07, 6.45) is 0.485. The zero-order valence-corrected chi connectivity index (χ0v) is 14.4. The first-order valence-electron chi connectivity index (χ1n) is 8.13. The first-order chi connectivity index (χ1) is 12.1. The van der Waals surface area contributed by atoms with E-state index in [1.165, 1.54) is 0 Å². The van der Waals surface area contributed by atoms with Crippen molar-refractivity contribution in [3.8, 4) is 5.75 Å². The number of hydrogen-bond acceptors (Lipinski definition) is 3. The summed E-state index contributed by atoms with van der Waals surface area (Å²) in [6, 6.07) is 16.0. The number of piperazine rings is 1. The molecule has 5 nitrogen and oxygen atoms in total. The summed E-state index contributed by atoms with van der Waals surface area (Å²) >= 11 is 5.83. The van der Waals surface area contributed by atoms with Crippen LogP contribution in [0.4, 0.5) is 0 Å². The topological polar surface area (TPSA) is 58.6 Å². The van der Waals surface area contributed by atoms with E-state index in [4.69, 9.17) is 16.3 Å². The van der Waals surface area contributed by atoms with Crippen LogP contribution in [-0.4, -0.2) is 42.5 Å². The van der Waals surface area contributed by atoms with Crippen LogP contribution in [0.1, 0.15) is 5.56 Å². The van der Waals surface area contributed by atoms with E-state index in [1.807, 2.05) is 30.3 Å². The number of rotatable bonds is 5. The Labute approximate surface area is 151 Å². The second kappa shape index (κ2) is 8.03. The van der Waals surface area contributed by atoms with Crippen LogP contribution in [0.15, 0.2) is 54.6 Å². The number of halogens is 1. The van der Waals surface area contributed by atoms with Crippen molar-refractivity contribution in [3.05, 3.63) is 65.2 Å². The minimum absolute atomic E-state index is 0.111. The molecule has 25 heavy (non-hydrogen) atoms. The van der Waals surface area contributed by atoms with Gasteiger partial charge in [0.15, 0.2) is 6.61 Å². The van der Waals surface area contributed by atoms with Crippen molar-refractivity contribution < 1.29 is 14.3 Å². The quantitative estimate of drug-likeness (QED) is 0.892. The van der Waals surface area contributed by atoms with Gasteiger partial charge in [0.1, 0.15) is 11.8 Å². The number of benzene rings is 2. The SMILES string of the molecule is O=C1NCCN(C(=O)COc2ccc(Cl)cc2)[C@H]1Cc1ccccc1. The van der Waals surface area contributed by atoms with Gasteiger partial charge in [0.25, 0.3) is 5.91 Å². The summed E-state index contributed by atoms with van der Waals surface area (Å²) in [5, 5.41) is 3.43. The molecule has 0 aliphatic carbocycles. The van der Waals surface area contributed by atoms with Crippen LogP contribution in [0.2, 0.25) is 5.02 Å². The fraction of sp³-hybridized carbons (Fsp3) is 0.263. The van der Waals surface area contributed by atoms with Gasteiger partial charge >= 0.3 is 0 Å². The first-order valence-corrected chi connectivity index (χ1v) is 8.51. The maximum absolute atomic E-state index is 12.6. The fourth-order valence-electron chi connectivity index (χ4n) is 2.81. The predicted molar refractivity (Wildman–Crippen MR) is 95.6 cm³/mol. The van der Waals surface area contributed by atoms with E-state index in [-0.39, 0.29) is 18.4 Å². The Morgan fingerprint density at radius 1 is 1.16 bits per heavy atom. The third-order valence-corrected chi connectivity index (χ3v) is 4.35. The second-order valence-electron chi connectivity index (χ2n) is 5.83. The molecular formula is C19H19ClN2O3. The van der Waals surface area contributed by atoms with Crippen LogP contribution < -0.4 is 10.1 Å². The smallest absolute Gasteiger partial charge is 0.261 e. The molecule has 0 spiro atoms. The van der Waals surface area contributed by atoms with Crippen LogP contribution in [0.3, 0.4) is 0 Å². The molecule has 1 N–H and O–H groups in total. The number of carbonyl (C=O) groups is 2. The maximum Gasteiger partial charge on any atom is 0.261 e. The van der Waals surface area contributed by atoms with Crippen molar-refractivity contribution in [3.63, 3.8) is 0 Å². The van der Waals surface area contributed by atoms with Gasteiger partial charge in [-0.05, 0) is 29.8 Å². The lowest BCUT2D eigenvalue weighted by atomic mass is 10.0. The van der Waals surface area contributed by atoms with Crippen molar-refractivity contribution in [2.45, 2.75) is 12.5 Å². The molecule has 1 saturated heterocycles. The minimum Gasteiger partial charge on any atom is -0.484 e. The van der Waals surface area contributed by atoms with E-state index in [1.54, 1.807) is 29.2 Å². The first kappa shape index (κ1) is 17.3. The number of carbonyl (C=O) groups excluding carboxylic acids is 2. The molecule has 2 amide bonds. The largest absolute Gasteiger partial charge is 0.484 e. The molecule has 3 rings (SSSR count). The highest BCUT2D eigenvalue weighted by atomic mass is 35.5. The number of nitrogens with zero attached hydrogens (tertiary/aromatic N) is 1. The Morgan fingerprint density at radius 2 is 1.88 bits per heavy atom. The maximum atomic E-state index is 12.6. The Morgan fingerprint density at radius 3 is 2.60 bits per heavy atom. The van der Waals surface area contributed by atoms with Crippen LogP contribution in [-0.2, 0) is 16.0 Å². The molecule has 1 atom stereocenters. The predicted octanol–water partition coefficient (Wildman–Crippen LogP) is 2.29. The van der Waals surface area contributed by atoms with Gasteiger partial charge in [-0.15, -0.1) is 0 Å². The monoisotopic (exact) mass is 358 g/mol. The van der Waals surface area contributed by atoms with Crippen molar-refractivity contribution in [2.24, 2.45) is 0 Å². The molecule has 1 aliphatic rings. The number of ether oxygens (including phenoxy) is 1. The molecule has 0 saturated carbocycles. The summed E-state index contributed by atoms with van der Waals surface area (Å²) in [5.41, 5.74) is 1.01. The lowest BCUT2D eigenvalue weighted by Gasteiger charge is -2.35. The highest BCUT2D eigenvalue weighted by Gasteiger charge is 2.33. The van der Waals surface area contributed by atoms with Gasteiger partial charge in [0, 0.05) is 24.5 Å². The number of amides is 2. The third-order valence-electron chi connectivity index (χ3n) is 4.10. The third kappa shape index (κ3) is 4.51. The van der Waals surface area contributed by atoms with Crippen molar-refractivity contribution >= 4 is 23.4 Å². The summed E-state index contributed by atoms with van der Waals surface area (Å²) < 4.78 is 5.53. The normalized spacial score (nSPS) is 17.1. The van der Waals surface area contributed by atoms with Gasteiger partial charge in [-0.3, -0.25) is 9.59 Å². The zero-order chi connectivity index (χ0) is 17.6. The second-order valence-corrected chi connectivity index (χ2v) is 6.26. The number of nitrogens with one attached hydrogen (secondary N) is 1. The molecule has 2 aromatic carbocycles. The summed E-state index contributed by atoms with van der Waals surface area (Å²) in [7, 11) is 0. The lowest BCUT2D eigenvalue weighted by molar-refractivity contribution is -0.144. The average molecular weight is 359 g/mol. The van der Waals surface area contributed by atoms with Gasteiger partial charge in [-0.2, -0.15) is 0 Å². The van der Waals surface area contributed by atoms with Crippen LogP contribution in [0.25, 0.3) is 0 Å². The fourth-order valence-corrected chi connectivity index (χ4v) is 2.94. The van der Waals surface area contributed by atoms with Gasteiger partial charge < -0.3 is 15.0 Å². The van der Waals surface area contributed by atoms with Gasteiger partial charge in [-0.1, -0.05) is 41.9 Å². The molecule has 2 aromatic rings. The Kier molecular flexibility index (Phi) is 5.56. The van der Waals surface area contributed by atoms with E-state index in [2.05, 4.69) is 5.32 Å². The molecule has 130 valence electrons. The molecular weight excluding hydrogens is 340 g/mol. The molecule has 1 aliphatic heterocycles. The van der Waals surface area contributed by atoms with Crippen molar-refractivity contribution in [1.29, 1.82) is 0 Å². The Bertz CT molecular complexity index is 734. The Hall–Kier alpha value is -2.53. The summed E-state index contributed by atoms with van der Waals surface area (Å²) in [4.78, 5) is 26.4. The van der Waals surface area contributed by atoms with E-state index in [0.717, 1.165) is 5.56 Å². The summed E-state index contributed by atoms with van der Waals surface area (Å²) in [6.45, 7) is 0.822. The highest BCUT2D eigenvalue weighted by Crippen LogP contribution is 2.17. The molecule has 1 fully saturated rings. The van der Waals surface area contributed by atoms with Gasteiger partial charge in [0.2, 0.25) is 5.91 Å². The van der Waals surface area contributed by atoms with Gasteiger partial charge in [0.05, 0.1) is 0 Å². The van der Waals surface area contributed by atoms with E-state index in [0.29, 0.717) is 30.3 Å². The highest BCUT2D eigenvalue weighted by molar-refractivity contribution is 6.30. The van der Waals surface area contributed by atoms with Crippen LogP contribution >= 0.6 is 11.6 Å². The standard InChI is InChI=1S/C19H19ClN2O3/c20-15-6-8-16(9-7-15)25-13-18(23)22-11-10-21-19(24)17(22)12-14-4-2-1-3-5-14/h1-9,17H,10-13H2,(H,21,24)/t17-/m0/s1. The van der Waals surface area contributed by atoms with Crippen LogP contribution in [0.5, 0.6) is 5.75 Å². The van der Waals surface area contributed by atoms with E-state index in [9.17, 15) is 9.59 Å². The zero-order valence-electron chi connectivity index (χ0n) is 13.7. The van der Waals surface area contributed by atoms with E-state index >= 15 is 0 Å². The van der Waals surface area contributed by atoms with Crippen molar-refractivity contribution in [1.82, 2.24) is 10.2 Å².